The SMILES string of the molecule is COc1ccc(/C(=C/c2cccc(OC(C)C)c2)C(=O)O)cc1Cl. The van der Waals surface area contributed by atoms with Crippen molar-refractivity contribution in [3.63, 3.8) is 0 Å². The van der Waals surface area contributed by atoms with Gasteiger partial charge in [-0.3, -0.25) is 0 Å². The number of aliphatic carboxylic acids is 1. The van der Waals surface area contributed by atoms with Gasteiger partial charge in [0.25, 0.3) is 0 Å². The number of methoxy groups -OCH3 is 1. The number of hydrogen-bond donors (Lipinski definition) is 1. The summed E-state index contributed by atoms with van der Waals surface area (Å²) >= 11 is 6.10. The summed E-state index contributed by atoms with van der Waals surface area (Å²) in [6, 6.07) is 12.2. The summed E-state index contributed by atoms with van der Waals surface area (Å²) in [6.07, 6.45) is 1.64. The molecule has 0 fully saturated rings. The zero-order valence-corrected chi connectivity index (χ0v) is 14.5. The summed E-state index contributed by atoms with van der Waals surface area (Å²) in [5.41, 5.74) is 1.38. The summed E-state index contributed by atoms with van der Waals surface area (Å²) < 4.78 is 10.7. The van der Waals surface area contributed by atoms with Crippen molar-refractivity contribution in [2.75, 3.05) is 7.11 Å². The third-order valence-corrected chi connectivity index (χ3v) is 3.53. The lowest BCUT2D eigenvalue weighted by molar-refractivity contribution is -0.130. The van der Waals surface area contributed by atoms with Gasteiger partial charge in [-0.2, -0.15) is 0 Å². The van der Waals surface area contributed by atoms with Gasteiger partial charge in [-0.15, -0.1) is 0 Å². The lowest BCUT2D eigenvalue weighted by Gasteiger charge is -2.10. The van der Waals surface area contributed by atoms with Crippen LogP contribution in [-0.4, -0.2) is 24.3 Å². The average Bonchev–Trinajstić information content (AvgIpc) is 2.52. The summed E-state index contributed by atoms with van der Waals surface area (Å²) in [6.45, 7) is 3.87. The molecule has 2 aromatic rings. The molecule has 0 saturated carbocycles. The van der Waals surface area contributed by atoms with Crippen LogP contribution < -0.4 is 9.47 Å². The Morgan fingerprint density at radius 2 is 1.96 bits per heavy atom. The van der Waals surface area contributed by atoms with Crippen LogP contribution in [0.3, 0.4) is 0 Å². The first-order chi connectivity index (χ1) is 11.4. The first-order valence-corrected chi connectivity index (χ1v) is 7.84. The molecule has 0 aliphatic heterocycles. The summed E-state index contributed by atoms with van der Waals surface area (Å²) in [5.74, 6) is 0.153. The quantitative estimate of drug-likeness (QED) is 0.605. The van der Waals surface area contributed by atoms with Crippen LogP contribution in [0, 0.1) is 0 Å². The number of benzene rings is 2. The highest BCUT2D eigenvalue weighted by Gasteiger charge is 2.13. The van der Waals surface area contributed by atoms with E-state index in [0.29, 0.717) is 22.1 Å². The monoisotopic (exact) mass is 346 g/mol. The van der Waals surface area contributed by atoms with Crippen LogP contribution in [0.25, 0.3) is 11.6 Å². The first kappa shape index (κ1) is 17.9. The molecule has 0 atom stereocenters. The molecule has 0 aliphatic carbocycles. The molecule has 2 aromatic carbocycles. The van der Waals surface area contributed by atoms with Gasteiger partial charge >= 0.3 is 5.97 Å². The molecule has 0 amide bonds. The van der Waals surface area contributed by atoms with Crippen molar-refractivity contribution in [2.24, 2.45) is 0 Å². The maximum atomic E-state index is 11.7. The summed E-state index contributed by atoms with van der Waals surface area (Å²) in [4.78, 5) is 11.7. The third-order valence-electron chi connectivity index (χ3n) is 3.23. The Hall–Kier alpha value is -2.46. The van der Waals surface area contributed by atoms with E-state index >= 15 is 0 Å². The number of carbonyl (C=O) groups is 1. The van der Waals surface area contributed by atoms with Crippen molar-refractivity contribution >= 4 is 29.2 Å². The zero-order valence-electron chi connectivity index (χ0n) is 13.7. The molecule has 0 aromatic heterocycles. The third kappa shape index (κ3) is 4.52. The van der Waals surface area contributed by atoms with E-state index in [4.69, 9.17) is 21.1 Å². The van der Waals surface area contributed by atoms with Crippen LogP contribution in [-0.2, 0) is 4.79 Å². The number of rotatable bonds is 6. The largest absolute Gasteiger partial charge is 0.495 e. The fourth-order valence-corrected chi connectivity index (χ4v) is 2.48. The van der Waals surface area contributed by atoms with Gasteiger partial charge in [-0.05, 0) is 55.3 Å². The number of carboxylic acid groups (broad SMARTS) is 1. The van der Waals surface area contributed by atoms with Crippen molar-refractivity contribution in [1.29, 1.82) is 0 Å². The van der Waals surface area contributed by atoms with Crippen molar-refractivity contribution in [2.45, 2.75) is 20.0 Å². The molecular formula is C19H19ClO4. The van der Waals surface area contributed by atoms with Crippen LogP contribution >= 0.6 is 11.6 Å². The zero-order chi connectivity index (χ0) is 17.7. The maximum absolute atomic E-state index is 11.7. The number of hydrogen-bond acceptors (Lipinski definition) is 3. The van der Waals surface area contributed by atoms with Gasteiger partial charge in [-0.1, -0.05) is 29.8 Å². The highest BCUT2D eigenvalue weighted by molar-refractivity contribution is 6.32. The molecule has 24 heavy (non-hydrogen) atoms. The fraction of sp³-hybridized carbons (Fsp3) is 0.211. The standard InChI is InChI=1S/C19H19ClO4/c1-12(2)24-15-6-4-5-13(9-15)10-16(19(21)22)14-7-8-18(23-3)17(20)11-14/h4-12H,1-3H3,(H,21,22)/b16-10-. The van der Waals surface area contributed by atoms with E-state index in [1.54, 1.807) is 30.3 Å². The fourth-order valence-electron chi connectivity index (χ4n) is 2.22. The molecule has 126 valence electrons. The molecular weight excluding hydrogens is 328 g/mol. The molecule has 0 saturated heterocycles. The Labute approximate surface area is 146 Å². The minimum Gasteiger partial charge on any atom is -0.495 e. The molecule has 5 heteroatoms. The molecule has 4 nitrogen and oxygen atoms in total. The normalized spacial score (nSPS) is 11.5. The lowest BCUT2D eigenvalue weighted by atomic mass is 10.0. The molecule has 2 rings (SSSR count). The highest BCUT2D eigenvalue weighted by atomic mass is 35.5. The number of ether oxygens (including phenoxy) is 2. The molecule has 0 bridgehead atoms. The molecule has 1 N–H and O–H groups in total. The predicted molar refractivity (Wildman–Crippen MR) is 95.7 cm³/mol. The number of carboxylic acids is 1. The van der Waals surface area contributed by atoms with Crippen LogP contribution in [0.2, 0.25) is 5.02 Å². The second-order valence-electron chi connectivity index (χ2n) is 5.45. The summed E-state index contributed by atoms with van der Waals surface area (Å²) in [7, 11) is 1.51. The van der Waals surface area contributed by atoms with E-state index in [-0.39, 0.29) is 11.7 Å². The van der Waals surface area contributed by atoms with E-state index in [1.165, 1.54) is 7.11 Å². The van der Waals surface area contributed by atoms with Gasteiger partial charge in [-0.25, -0.2) is 4.79 Å². The van der Waals surface area contributed by atoms with Crippen molar-refractivity contribution in [3.05, 3.63) is 58.6 Å². The Morgan fingerprint density at radius 3 is 2.54 bits per heavy atom. The number of halogens is 1. The van der Waals surface area contributed by atoms with Gasteiger partial charge in [0.1, 0.15) is 11.5 Å². The van der Waals surface area contributed by atoms with Crippen LogP contribution in [0.5, 0.6) is 11.5 Å². The second-order valence-corrected chi connectivity index (χ2v) is 5.86. The average molecular weight is 347 g/mol. The van der Waals surface area contributed by atoms with Crippen LogP contribution in [0.15, 0.2) is 42.5 Å². The van der Waals surface area contributed by atoms with E-state index < -0.39 is 5.97 Å². The Kier molecular flexibility index (Phi) is 5.88. The van der Waals surface area contributed by atoms with Crippen molar-refractivity contribution < 1.29 is 19.4 Å². The van der Waals surface area contributed by atoms with Gasteiger partial charge in [0.15, 0.2) is 0 Å². The van der Waals surface area contributed by atoms with Crippen molar-refractivity contribution in [1.82, 2.24) is 0 Å². The lowest BCUT2D eigenvalue weighted by Crippen LogP contribution is -2.05. The van der Waals surface area contributed by atoms with Crippen molar-refractivity contribution in [3.8, 4) is 11.5 Å². The molecule has 0 heterocycles. The first-order valence-electron chi connectivity index (χ1n) is 7.46. The summed E-state index contributed by atoms with van der Waals surface area (Å²) in [5, 5.41) is 9.91. The van der Waals surface area contributed by atoms with Gasteiger partial charge < -0.3 is 14.6 Å². The van der Waals surface area contributed by atoms with E-state index in [2.05, 4.69) is 0 Å². The minimum absolute atomic E-state index is 0.0450. The highest BCUT2D eigenvalue weighted by Crippen LogP contribution is 2.29. The second kappa shape index (κ2) is 7.88. The van der Waals surface area contributed by atoms with Crippen LogP contribution in [0.4, 0.5) is 0 Å². The van der Waals surface area contributed by atoms with E-state index in [1.807, 2.05) is 32.0 Å². The molecule has 0 spiro atoms. The molecule has 0 unspecified atom stereocenters. The minimum atomic E-state index is -1.04. The Morgan fingerprint density at radius 1 is 1.21 bits per heavy atom. The van der Waals surface area contributed by atoms with Crippen LogP contribution in [0.1, 0.15) is 25.0 Å². The van der Waals surface area contributed by atoms with Gasteiger partial charge in [0.05, 0.1) is 23.8 Å². The van der Waals surface area contributed by atoms with Gasteiger partial charge in [0.2, 0.25) is 0 Å². The topological polar surface area (TPSA) is 55.8 Å². The molecule has 0 radical (unpaired) electrons. The van der Waals surface area contributed by atoms with Gasteiger partial charge in [0, 0.05) is 0 Å². The Bertz CT molecular complexity index is 766. The maximum Gasteiger partial charge on any atom is 0.336 e. The van der Waals surface area contributed by atoms with E-state index in [0.717, 1.165) is 5.56 Å². The Balaban J connectivity index is 2.42. The van der Waals surface area contributed by atoms with E-state index in [9.17, 15) is 9.90 Å². The predicted octanol–water partition coefficient (Wildman–Crippen LogP) is 4.76. The smallest absolute Gasteiger partial charge is 0.336 e. The molecule has 0 aliphatic rings.